The largest absolute Gasteiger partial charge is 0.334 e. The second-order valence-electron chi connectivity index (χ2n) is 4.25. The normalized spacial score (nSPS) is 19.9. The van der Waals surface area contributed by atoms with E-state index < -0.39 is 0 Å². The van der Waals surface area contributed by atoms with Gasteiger partial charge in [-0.05, 0) is 37.8 Å². The van der Waals surface area contributed by atoms with Crippen molar-refractivity contribution in [3.8, 4) is 0 Å². The number of likely N-dealkylation sites (tertiary alicyclic amines) is 1. The lowest BCUT2D eigenvalue weighted by Gasteiger charge is -2.23. The van der Waals surface area contributed by atoms with Crippen molar-refractivity contribution in [2.24, 2.45) is 0 Å². The highest BCUT2D eigenvalue weighted by atomic mass is 32.1. The Morgan fingerprint density at radius 1 is 1.65 bits per heavy atom. The molecule has 2 heterocycles. The number of hydrogen-bond donors (Lipinski definition) is 1. The summed E-state index contributed by atoms with van der Waals surface area (Å²) >= 11 is 1.22. The quantitative estimate of drug-likeness (QED) is 0.868. The summed E-state index contributed by atoms with van der Waals surface area (Å²) in [4.78, 5) is 15.1. The first-order valence-corrected chi connectivity index (χ1v) is 6.82. The first kappa shape index (κ1) is 12.4. The summed E-state index contributed by atoms with van der Waals surface area (Å²) in [5.74, 6) is 0.106. The predicted molar refractivity (Wildman–Crippen MR) is 67.3 cm³/mol. The van der Waals surface area contributed by atoms with Crippen LogP contribution in [0.3, 0.4) is 0 Å². The van der Waals surface area contributed by atoms with E-state index in [1.807, 2.05) is 18.9 Å². The molecule has 1 amide bonds. The number of likely N-dealkylation sites (N-methyl/N-ethyl adjacent to an activating group) is 1. The molecule has 1 N–H and O–H groups in total. The van der Waals surface area contributed by atoms with Crippen molar-refractivity contribution in [2.75, 3.05) is 20.1 Å². The topological polar surface area (TPSA) is 58.1 Å². The molecule has 2 rings (SSSR count). The van der Waals surface area contributed by atoms with Crippen LogP contribution >= 0.6 is 11.5 Å². The maximum absolute atomic E-state index is 12.4. The Hall–Kier alpha value is -1.01. The van der Waals surface area contributed by atoms with E-state index >= 15 is 0 Å². The molecule has 0 unspecified atom stereocenters. The highest BCUT2D eigenvalue weighted by Gasteiger charge is 2.31. The van der Waals surface area contributed by atoms with Crippen LogP contribution in [0.1, 0.15) is 35.1 Å². The van der Waals surface area contributed by atoms with Gasteiger partial charge in [0.1, 0.15) is 4.88 Å². The molecule has 94 valence electrons. The fourth-order valence-corrected chi connectivity index (χ4v) is 2.99. The molecule has 1 atom stereocenters. The number of hydrogen-bond acceptors (Lipinski definition) is 5. The Bertz CT molecular complexity index is 393. The molecule has 0 bridgehead atoms. The minimum atomic E-state index is 0.106. The highest BCUT2D eigenvalue weighted by Crippen LogP contribution is 2.22. The van der Waals surface area contributed by atoms with Gasteiger partial charge < -0.3 is 10.2 Å². The van der Waals surface area contributed by atoms with Gasteiger partial charge >= 0.3 is 0 Å². The van der Waals surface area contributed by atoms with E-state index in [0.717, 1.165) is 42.9 Å². The summed E-state index contributed by atoms with van der Waals surface area (Å²) in [5.41, 5.74) is 0.829. The van der Waals surface area contributed by atoms with Gasteiger partial charge in [0.2, 0.25) is 0 Å². The zero-order chi connectivity index (χ0) is 12.3. The number of nitrogens with zero attached hydrogens (tertiary/aromatic N) is 3. The van der Waals surface area contributed by atoms with E-state index in [1.54, 1.807) is 0 Å². The third kappa shape index (κ3) is 2.47. The molecule has 1 aliphatic rings. The highest BCUT2D eigenvalue weighted by molar-refractivity contribution is 7.08. The third-order valence-electron chi connectivity index (χ3n) is 3.16. The lowest BCUT2D eigenvalue weighted by Crippen LogP contribution is -2.40. The van der Waals surface area contributed by atoms with Gasteiger partial charge in [-0.2, -0.15) is 0 Å². The minimum Gasteiger partial charge on any atom is -0.334 e. The van der Waals surface area contributed by atoms with Gasteiger partial charge in [0.05, 0.1) is 5.69 Å². The monoisotopic (exact) mass is 254 g/mol. The van der Waals surface area contributed by atoms with Crippen LogP contribution in [-0.2, 0) is 6.42 Å². The molecule has 17 heavy (non-hydrogen) atoms. The number of nitrogens with one attached hydrogen (secondary N) is 1. The smallest absolute Gasteiger partial charge is 0.267 e. The first-order valence-electron chi connectivity index (χ1n) is 6.04. The van der Waals surface area contributed by atoms with E-state index in [9.17, 15) is 4.79 Å². The molecule has 1 aliphatic heterocycles. The average molecular weight is 254 g/mol. The van der Waals surface area contributed by atoms with Crippen molar-refractivity contribution in [3.63, 3.8) is 0 Å². The van der Waals surface area contributed by atoms with Gasteiger partial charge in [-0.15, -0.1) is 5.10 Å². The molecular formula is C11H18N4OS. The number of amides is 1. The summed E-state index contributed by atoms with van der Waals surface area (Å²) < 4.78 is 3.89. The van der Waals surface area contributed by atoms with Gasteiger partial charge in [0.15, 0.2) is 0 Å². The van der Waals surface area contributed by atoms with E-state index in [-0.39, 0.29) is 5.91 Å². The maximum Gasteiger partial charge on any atom is 0.267 e. The molecular weight excluding hydrogens is 236 g/mol. The molecule has 1 fully saturated rings. The second-order valence-corrected chi connectivity index (χ2v) is 5.01. The number of aryl methyl sites for hydroxylation is 1. The first-order chi connectivity index (χ1) is 8.27. The van der Waals surface area contributed by atoms with Crippen LogP contribution in [0.5, 0.6) is 0 Å². The number of carbonyl (C=O) groups is 1. The Morgan fingerprint density at radius 2 is 2.47 bits per heavy atom. The summed E-state index contributed by atoms with van der Waals surface area (Å²) in [7, 11) is 1.92. The van der Waals surface area contributed by atoms with Crippen LogP contribution in [-0.4, -0.2) is 46.6 Å². The van der Waals surface area contributed by atoms with Crippen molar-refractivity contribution in [3.05, 3.63) is 10.6 Å². The summed E-state index contributed by atoms with van der Waals surface area (Å²) in [6.45, 7) is 3.72. The Kier molecular flexibility index (Phi) is 4.06. The fraction of sp³-hybridized carbons (Fsp3) is 0.727. The van der Waals surface area contributed by atoms with Gasteiger partial charge in [0.25, 0.3) is 5.91 Å². The SMILES string of the molecule is CCc1nnsc1C(=O)N1CCC[C@@H]1CNC. The third-order valence-corrected chi connectivity index (χ3v) is 3.92. The van der Waals surface area contributed by atoms with Crippen molar-refractivity contribution in [2.45, 2.75) is 32.2 Å². The number of aromatic nitrogens is 2. The molecule has 0 saturated carbocycles. The molecule has 1 aromatic heterocycles. The zero-order valence-corrected chi connectivity index (χ0v) is 11.1. The number of carbonyl (C=O) groups excluding carboxylic acids is 1. The molecule has 5 nitrogen and oxygen atoms in total. The molecule has 1 aromatic rings. The van der Waals surface area contributed by atoms with Gasteiger partial charge in [0, 0.05) is 19.1 Å². The molecule has 0 radical (unpaired) electrons. The minimum absolute atomic E-state index is 0.106. The molecule has 6 heteroatoms. The van der Waals surface area contributed by atoms with Crippen LogP contribution in [0.2, 0.25) is 0 Å². The Labute approximate surface area is 105 Å². The average Bonchev–Trinajstić information content (AvgIpc) is 2.96. The molecule has 0 aromatic carbocycles. The predicted octanol–water partition coefficient (Wildman–Crippen LogP) is 0.924. The van der Waals surface area contributed by atoms with Crippen LogP contribution in [0.4, 0.5) is 0 Å². The van der Waals surface area contributed by atoms with E-state index in [2.05, 4.69) is 14.9 Å². The van der Waals surface area contributed by atoms with Crippen LogP contribution in [0, 0.1) is 0 Å². The van der Waals surface area contributed by atoms with Crippen molar-refractivity contribution in [1.29, 1.82) is 0 Å². The lowest BCUT2D eigenvalue weighted by atomic mass is 10.2. The van der Waals surface area contributed by atoms with Crippen LogP contribution in [0.25, 0.3) is 0 Å². The number of rotatable bonds is 4. The molecule has 0 aliphatic carbocycles. The van der Waals surface area contributed by atoms with Crippen LogP contribution in [0.15, 0.2) is 0 Å². The Morgan fingerprint density at radius 3 is 3.18 bits per heavy atom. The standard InChI is InChI=1S/C11H18N4OS/c1-3-9-10(17-14-13-9)11(16)15-6-4-5-8(15)7-12-2/h8,12H,3-7H2,1-2H3/t8-/m1/s1. The van der Waals surface area contributed by atoms with Gasteiger partial charge in [-0.25, -0.2) is 0 Å². The van der Waals surface area contributed by atoms with E-state index in [1.165, 1.54) is 11.5 Å². The van der Waals surface area contributed by atoms with Crippen LogP contribution < -0.4 is 5.32 Å². The van der Waals surface area contributed by atoms with E-state index in [0.29, 0.717) is 6.04 Å². The van der Waals surface area contributed by atoms with Crippen molar-refractivity contribution < 1.29 is 4.79 Å². The summed E-state index contributed by atoms with van der Waals surface area (Å²) in [5, 5.41) is 7.15. The summed E-state index contributed by atoms with van der Waals surface area (Å²) in [6, 6.07) is 0.319. The maximum atomic E-state index is 12.4. The zero-order valence-electron chi connectivity index (χ0n) is 10.3. The van der Waals surface area contributed by atoms with E-state index in [4.69, 9.17) is 0 Å². The van der Waals surface area contributed by atoms with Crippen molar-refractivity contribution >= 4 is 17.4 Å². The molecule has 0 spiro atoms. The molecule has 1 saturated heterocycles. The van der Waals surface area contributed by atoms with Crippen molar-refractivity contribution in [1.82, 2.24) is 19.8 Å². The lowest BCUT2D eigenvalue weighted by molar-refractivity contribution is 0.0740. The fourth-order valence-electron chi connectivity index (χ4n) is 2.28. The second kappa shape index (κ2) is 5.55. The summed E-state index contributed by atoms with van der Waals surface area (Å²) in [6.07, 6.45) is 2.94. The van der Waals surface area contributed by atoms with Gasteiger partial charge in [-0.3, -0.25) is 4.79 Å². The van der Waals surface area contributed by atoms with Gasteiger partial charge in [-0.1, -0.05) is 11.4 Å². The Balaban J connectivity index is 2.14.